The van der Waals surface area contributed by atoms with Gasteiger partial charge in [0, 0.05) is 17.2 Å². The lowest BCUT2D eigenvalue weighted by Crippen LogP contribution is -2.34. The van der Waals surface area contributed by atoms with E-state index in [1.54, 1.807) is 20.8 Å². The standard InChI is InChI=1S/C9H17Cl4O4P/c1-8(2,3)9(12,13)17-18(14,15-6-4-10)16-7-5-11/h4-7H2,1-3H3. The van der Waals surface area contributed by atoms with Crippen molar-refractivity contribution in [2.24, 2.45) is 5.41 Å². The van der Waals surface area contributed by atoms with Crippen LogP contribution in [-0.2, 0) is 18.1 Å². The van der Waals surface area contributed by atoms with Crippen LogP contribution < -0.4 is 0 Å². The van der Waals surface area contributed by atoms with Crippen LogP contribution in [0.25, 0.3) is 0 Å². The molecule has 0 aromatic rings. The molecule has 0 radical (unpaired) electrons. The van der Waals surface area contributed by atoms with E-state index in [2.05, 4.69) is 0 Å². The predicted molar refractivity (Wildman–Crippen MR) is 75.9 cm³/mol. The van der Waals surface area contributed by atoms with Gasteiger partial charge in [0.1, 0.15) is 0 Å². The van der Waals surface area contributed by atoms with Gasteiger partial charge in [-0.05, 0) is 0 Å². The zero-order valence-corrected chi connectivity index (χ0v) is 14.3. The number of alkyl halides is 4. The van der Waals surface area contributed by atoms with Crippen LogP contribution in [0.1, 0.15) is 20.8 Å². The Bertz CT molecular complexity index is 281. The van der Waals surface area contributed by atoms with Crippen molar-refractivity contribution in [2.45, 2.75) is 25.3 Å². The highest BCUT2D eigenvalue weighted by atomic mass is 35.5. The van der Waals surface area contributed by atoms with Crippen LogP contribution in [0.3, 0.4) is 0 Å². The molecule has 0 bridgehead atoms. The minimum atomic E-state index is -3.90. The van der Waals surface area contributed by atoms with Gasteiger partial charge in [0.2, 0.25) is 4.52 Å². The van der Waals surface area contributed by atoms with Gasteiger partial charge in [-0.15, -0.1) is 23.2 Å². The van der Waals surface area contributed by atoms with E-state index in [0.29, 0.717) is 0 Å². The molecule has 0 rings (SSSR count). The third kappa shape index (κ3) is 6.62. The molecule has 9 heteroatoms. The number of phosphoric ester groups is 1. The Morgan fingerprint density at radius 1 is 1.00 bits per heavy atom. The Labute approximate surface area is 128 Å². The van der Waals surface area contributed by atoms with E-state index in [1.807, 2.05) is 0 Å². The van der Waals surface area contributed by atoms with Crippen molar-refractivity contribution in [3.05, 3.63) is 0 Å². The summed E-state index contributed by atoms with van der Waals surface area (Å²) in [6.07, 6.45) is 0. The van der Waals surface area contributed by atoms with Crippen LogP contribution in [0, 0.1) is 5.41 Å². The fourth-order valence-corrected chi connectivity index (χ4v) is 2.90. The van der Waals surface area contributed by atoms with Crippen LogP contribution in [0.2, 0.25) is 0 Å². The van der Waals surface area contributed by atoms with Crippen molar-refractivity contribution < 1.29 is 18.1 Å². The number of hydrogen-bond donors (Lipinski definition) is 0. The molecular weight excluding hydrogens is 345 g/mol. The molecule has 0 fully saturated rings. The second kappa shape index (κ2) is 7.90. The van der Waals surface area contributed by atoms with Crippen molar-refractivity contribution in [3.63, 3.8) is 0 Å². The van der Waals surface area contributed by atoms with Gasteiger partial charge in [-0.25, -0.2) is 9.09 Å². The van der Waals surface area contributed by atoms with Gasteiger partial charge in [0.05, 0.1) is 13.2 Å². The third-order valence-electron chi connectivity index (χ3n) is 1.75. The van der Waals surface area contributed by atoms with Gasteiger partial charge < -0.3 is 0 Å². The molecule has 0 atom stereocenters. The first-order chi connectivity index (χ1) is 8.08. The Hall–Kier alpha value is 1.27. The first-order valence-electron chi connectivity index (χ1n) is 5.17. The van der Waals surface area contributed by atoms with Crippen LogP contribution >= 0.6 is 54.2 Å². The molecule has 0 amide bonds. The SMILES string of the molecule is CC(C)(C)C(Cl)(Cl)OP(=O)(OCCCl)OCCCl. The first-order valence-corrected chi connectivity index (χ1v) is 8.46. The maximum Gasteiger partial charge on any atom is 0.477 e. The summed E-state index contributed by atoms with van der Waals surface area (Å²) in [6.45, 7) is 5.13. The highest BCUT2D eigenvalue weighted by Gasteiger charge is 2.47. The second-order valence-electron chi connectivity index (χ2n) is 4.35. The summed E-state index contributed by atoms with van der Waals surface area (Å²) in [5, 5.41) is 0. The van der Waals surface area contributed by atoms with Crippen molar-refractivity contribution in [2.75, 3.05) is 25.0 Å². The first kappa shape index (κ1) is 19.3. The topological polar surface area (TPSA) is 44.8 Å². The molecule has 18 heavy (non-hydrogen) atoms. The van der Waals surface area contributed by atoms with Crippen LogP contribution in [0.4, 0.5) is 0 Å². The molecule has 0 aromatic carbocycles. The molecule has 0 aliphatic heterocycles. The normalized spacial score (nSPS) is 13.9. The van der Waals surface area contributed by atoms with Gasteiger partial charge in [0.25, 0.3) is 0 Å². The summed E-state index contributed by atoms with van der Waals surface area (Å²) in [5.41, 5.74) is -0.694. The molecule has 110 valence electrons. The molecule has 4 nitrogen and oxygen atoms in total. The fraction of sp³-hybridized carbons (Fsp3) is 1.00. The summed E-state index contributed by atoms with van der Waals surface area (Å²) in [7, 11) is -3.90. The maximum atomic E-state index is 12.2. The van der Waals surface area contributed by atoms with Crippen LogP contribution in [0.5, 0.6) is 0 Å². The summed E-state index contributed by atoms with van der Waals surface area (Å²) in [4.78, 5) is 0. The maximum absolute atomic E-state index is 12.2. The second-order valence-corrected chi connectivity index (χ2v) is 7.96. The average molecular weight is 362 g/mol. The van der Waals surface area contributed by atoms with E-state index in [1.165, 1.54) is 0 Å². The zero-order chi connectivity index (χ0) is 14.4. The minimum Gasteiger partial charge on any atom is -0.286 e. The largest absolute Gasteiger partial charge is 0.477 e. The van der Waals surface area contributed by atoms with Crippen molar-refractivity contribution in [3.8, 4) is 0 Å². The molecule has 0 heterocycles. The quantitative estimate of drug-likeness (QED) is 0.460. The summed E-state index contributed by atoms with van der Waals surface area (Å²) < 4.78 is 25.6. The molecule has 0 aliphatic rings. The molecule has 0 aliphatic carbocycles. The number of hydrogen-bond acceptors (Lipinski definition) is 4. The molecule has 0 saturated carbocycles. The van der Waals surface area contributed by atoms with Gasteiger partial charge in [-0.2, -0.15) is 0 Å². The highest BCUT2D eigenvalue weighted by Crippen LogP contribution is 2.58. The van der Waals surface area contributed by atoms with E-state index in [4.69, 9.17) is 60.0 Å². The molecule has 0 aromatic heterocycles. The minimum absolute atomic E-state index is 0.0187. The molecule has 0 saturated heterocycles. The van der Waals surface area contributed by atoms with E-state index >= 15 is 0 Å². The lowest BCUT2D eigenvalue weighted by molar-refractivity contribution is 0.0497. The Morgan fingerprint density at radius 3 is 1.67 bits per heavy atom. The van der Waals surface area contributed by atoms with Gasteiger partial charge >= 0.3 is 7.82 Å². The van der Waals surface area contributed by atoms with Crippen molar-refractivity contribution >= 4 is 54.2 Å². The molecular formula is C9H17Cl4O4P. The third-order valence-corrected chi connectivity index (χ3v) is 5.06. The number of rotatable bonds is 8. The summed E-state index contributed by atoms with van der Waals surface area (Å²) >= 11 is 22.9. The lowest BCUT2D eigenvalue weighted by atomic mass is 9.98. The van der Waals surface area contributed by atoms with Gasteiger partial charge in [-0.1, -0.05) is 44.0 Å². The average Bonchev–Trinajstić information content (AvgIpc) is 2.21. The van der Waals surface area contributed by atoms with Gasteiger partial charge in [0.15, 0.2) is 0 Å². The molecule has 0 N–H and O–H groups in total. The zero-order valence-electron chi connectivity index (χ0n) is 10.4. The Kier molecular flexibility index (Phi) is 8.45. The van der Waals surface area contributed by atoms with Crippen LogP contribution in [0.15, 0.2) is 0 Å². The predicted octanol–water partition coefficient (Wildman–Crippen LogP) is 4.80. The summed E-state index contributed by atoms with van der Waals surface area (Å²) in [6, 6.07) is 0. The highest BCUT2D eigenvalue weighted by molar-refractivity contribution is 7.48. The Morgan fingerprint density at radius 2 is 1.39 bits per heavy atom. The number of phosphoric acid groups is 1. The smallest absolute Gasteiger partial charge is 0.286 e. The lowest BCUT2D eigenvalue weighted by Gasteiger charge is -2.35. The molecule has 0 unspecified atom stereocenters. The Balaban J connectivity index is 4.83. The monoisotopic (exact) mass is 360 g/mol. The van der Waals surface area contributed by atoms with E-state index < -0.39 is 17.8 Å². The number of halogens is 4. The van der Waals surface area contributed by atoms with E-state index in [-0.39, 0.29) is 25.0 Å². The van der Waals surface area contributed by atoms with E-state index in [9.17, 15) is 4.57 Å². The van der Waals surface area contributed by atoms with Crippen LogP contribution in [-0.4, -0.2) is 29.5 Å². The molecule has 0 spiro atoms. The van der Waals surface area contributed by atoms with Gasteiger partial charge in [-0.3, -0.25) is 9.05 Å². The van der Waals surface area contributed by atoms with Crippen molar-refractivity contribution in [1.29, 1.82) is 0 Å². The van der Waals surface area contributed by atoms with Crippen molar-refractivity contribution in [1.82, 2.24) is 0 Å². The van der Waals surface area contributed by atoms with E-state index in [0.717, 1.165) is 0 Å². The summed E-state index contributed by atoms with van der Waals surface area (Å²) in [5.74, 6) is 0.259. The fourth-order valence-electron chi connectivity index (χ4n) is 0.660.